The zero-order valence-electron chi connectivity index (χ0n) is 10.4. The zero-order valence-corrected chi connectivity index (χ0v) is 11.9. The SMILES string of the molecule is Clc1ncc(CN2CCN(c3ncccn3)CC2)s1. The van der Waals surface area contributed by atoms with Gasteiger partial charge in [-0.1, -0.05) is 11.6 Å². The third-order valence-electron chi connectivity index (χ3n) is 3.11. The first-order valence-corrected chi connectivity index (χ1v) is 7.35. The molecule has 2 aromatic heterocycles. The lowest BCUT2D eigenvalue weighted by Gasteiger charge is -2.34. The van der Waals surface area contributed by atoms with Crippen LogP contribution in [0.25, 0.3) is 0 Å². The molecule has 1 aliphatic rings. The average Bonchev–Trinajstić information content (AvgIpc) is 2.86. The standard InChI is InChI=1S/C12H14ClN5S/c13-11-16-8-10(19-11)9-17-4-6-18(7-5-17)12-14-2-1-3-15-12/h1-3,8H,4-7,9H2. The number of thiazole rings is 1. The molecule has 0 radical (unpaired) electrons. The van der Waals surface area contributed by atoms with Crippen LogP contribution < -0.4 is 4.90 Å². The quantitative estimate of drug-likeness (QED) is 0.865. The summed E-state index contributed by atoms with van der Waals surface area (Å²) in [5.41, 5.74) is 0. The van der Waals surface area contributed by atoms with Crippen LogP contribution in [0.15, 0.2) is 24.7 Å². The van der Waals surface area contributed by atoms with Crippen molar-refractivity contribution in [1.29, 1.82) is 0 Å². The first kappa shape index (κ1) is 12.8. The van der Waals surface area contributed by atoms with Crippen molar-refractivity contribution < 1.29 is 0 Å². The lowest BCUT2D eigenvalue weighted by molar-refractivity contribution is 0.250. The van der Waals surface area contributed by atoms with Gasteiger partial charge < -0.3 is 4.90 Å². The van der Waals surface area contributed by atoms with Gasteiger partial charge in [0.05, 0.1) is 0 Å². The van der Waals surface area contributed by atoms with E-state index in [0.29, 0.717) is 4.47 Å². The number of rotatable bonds is 3. The summed E-state index contributed by atoms with van der Waals surface area (Å²) in [6.07, 6.45) is 5.43. The van der Waals surface area contributed by atoms with Gasteiger partial charge in [0.15, 0.2) is 4.47 Å². The van der Waals surface area contributed by atoms with Crippen LogP contribution in [-0.4, -0.2) is 46.0 Å². The van der Waals surface area contributed by atoms with Crippen LogP contribution in [0.1, 0.15) is 4.88 Å². The van der Waals surface area contributed by atoms with Crippen molar-refractivity contribution in [3.8, 4) is 0 Å². The molecule has 1 aliphatic heterocycles. The second-order valence-electron chi connectivity index (χ2n) is 4.39. The Morgan fingerprint density at radius 2 is 1.84 bits per heavy atom. The third kappa shape index (κ3) is 3.20. The van der Waals surface area contributed by atoms with Gasteiger partial charge in [0, 0.05) is 56.2 Å². The second-order valence-corrected chi connectivity index (χ2v) is 6.09. The van der Waals surface area contributed by atoms with E-state index in [2.05, 4.69) is 24.8 Å². The molecule has 0 atom stereocenters. The summed E-state index contributed by atoms with van der Waals surface area (Å²) in [4.78, 5) is 18.5. The molecular formula is C12H14ClN5S. The number of hydrogen-bond acceptors (Lipinski definition) is 6. The smallest absolute Gasteiger partial charge is 0.225 e. The van der Waals surface area contributed by atoms with Crippen LogP contribution >= 0.6 is 22.9 Å². The van der Waals surface area contributed by atoms with Crippen LogP contribution in [0, 0.1) is 0 Å². The van der Waals surface area contributed by atoms with Gasteiger partial charge in [-0.2, -0.15) is 0 Å². The first-order chi connectivity index (χ1) is 9.31. The Hall–Kier alpha value is -1.24. The molecular weight excluding hydrogens is 282 g/mol. The Morgan fingerprint density at radius 3 is 2.47 bits per heavy atom. The third-order valence-corrected chi connectivity index (χ3v) is 4.21. The average molecular weight is 296 g/mol. The zero-order chi connectivity index (χ0) is 13.1. The van der Waals surface area contributed by atoms with Gasteiger partial charge in [-0.25, -0.2) is 15.0 Å². The molecule has 0 unspecified atom stereocenters. The second kappa shape index (κ2) is 5.81. The molecule has 0 saturated carbocycles. The van der Waals surface area contributed by atoms with Crippen molar-refractivity contribution in [1.82, 2.24) is 19.9 Å². The van der Waals surface area contributed by atoms with E-state index in [1.54, 1.807) is 23.7 Å². The first-order valence-electron chi connectivity index (χ1n) is 6.16. The lowest BCUT2D eigenvalue weighted by atomic mass is 10.3. The van der Waals surface area contributed by atoms with E-state index >= 15 is 0 Å². The Morgan fingerprint density at radius 1 is 1.11 bits per heavy atom. The fourth-order valence-corrected chi connectivity index (χ4v) is 3.16. The minimum Gasteiger partial charge on any atom is -0.338 e. The van der Waals surface area contributed by atoms with Crippen LogP contribution in [0.2, 0.25) is 4.47 Å². The summed E-state index contributed by atoms with van der Waals surface area (Å²) in [7, 11) is 0. The van der Waals surface area contributed by atoms with Gasteiger partial charge in [-0.3, -0.25) is 4.90 Å². The summed E-state index contributed by atoms with van der Waals surface area (Å²) in [6.45, 7) is 4.85. The van der Waals surface area contributed by atoms with Gasteiger partial charge >= 0.3 is 0 Å². The number of hydrogen-bond donors (Lipinski definition) is 0. The van der Waals surface area contributed by atoms with Crippen molar-refractivity contribution in [3.63, 3.8) is 0 Å². The van der Waals surface area contributed by atoms with E-state index in [1.165, 1.54) is 4.88 Å². The highest BCUT2D eigenvalue weighted by Gasteiger charge is 2.19. The molecule has 3 rings (SSSR count). The highest BCUT2D eigenvalue weighted by Crippen LogP contribution is 2.20. The van der Waals surface area contributed by atoms with E-state index in [0.717, 1.165) is 38.7 Å². The fraction of sp³-hybridized carbons (Fsp3) is 0.417. The Kier molecular flexibility index (Phi) is 3.91. The van der Waals surface area contributed by atoms with E-state index in [9.17, 15) is 0 Å². The Labute approximate surface area is 120 Å². The van der Waals surface area contributed by atoms with E-state index in [1.807, 2.05) is 12.3 Å². The van der Waals surface area contributed by atoms with E-state index in [4.69, 9.17) is 11.6 Å². The summed E-state index contributed by atoms with van der Waals surface area (Å²) < 4.78 is 0.617. The summed E-state index contributed by atoms with van der Waals surface area (Å²) in [5.74, 6) is 0.822. The molecule has 0 N–H and O–H groups in total. The van der Waals surface area contributed by atoms with Crippen molar-refractivity contribution in [2.45, 2.75) is 6.54 Å². The highest BCUT2D eigenvalue weighted by molar-refractivity contribution is 7.15. The Bertz CT molecular complexity index is 524. The molecule has 19 heavy (non-hydrogen) atoms. The van der Waals surface area contributed by atoms with Crippen LogP contribution in [-0.2, 0) is 6.54 Å². The van der Waals surface area contributed by atoms with Gasteiger partial charge in [0.2, 0.25) is 5.95 Å². The molecule has 1 fully saturated rings. The molecule has 0 aliphatic carbocycles. The van der Waals surface area contributed by atoms with Crippen LogP contribution in [0.3, 0.4) is 0 Å². The lowest BCUT2D eigenvalue weighted by Crippen LogP contribution is -2.46. The normalized spacial score (nSPS) is 16.8. The summed E-state index contributed by atoms with van der Waals surface area (Å²) in [6, 6.07) is 1.84. The number of halogens is 1. The maximum atomic E-state index is 5.85. The van der Waals surface area contributed by atoms with Gasteiger partial charge in [-0.15, -0.1) is 11.3 Å². The van der Waals surface area contributed by atoms with Crippen molar-refractivity contribution in [2.24, 2.45) is 0 Å². The van der Waals surface area contributed by atoms with Crippen molar-refractivity contribution >= 4 is 28.9 Å². The maximum absolute atomic E-state index is 5.85. The number of anilines is 1. The van der Waals surface area contributed by atoms with Crippen LogP contribution in [0.5, 0.6) is 0 Å². The van der Waals surface area contributed by atoms with Gasteiger partial charge in [-0.05, 0) is 6.07 Å². The largest absolute Gasteiger partial charge is 0.338 e. The molecule has 5 nitrogen and oxygen atoms in total. The van der Waals surface area contributed by atoms with Crippen LogP contribution in [0.4, 0.5) is 5.95 Å². The molecule has 2 aromatic rings. The molecule has 0 aromatic carbocycles. The monoisotopic (exact) mass is 295 g/mol. The molecule has 3 heterocycles. The number of aromatic nitrogens is 3. The summed E-state index contributed by atoms with van der Waals surface area (Å²) >= 11 is 7.40. The minimum atomic E-state index is 0.617. The summed E-state index contributed by atoms with van der Waals surface area (Å²) in [5, 5.41) is 0. The maximum Gasteiger partial charge on any atom is 0.225 e. The molecule has 1 saturated heterocycles. The van der Waals surface area contributed by atoms with E-state index in [-0.39, 0.29) is 0 Å². The fourth-order valence-electron chi connectivity index (χ4n) is 2.14. The highest BCUT2D eigenvalue weighted by atomic mass is 35.5. The van der Waals surface area contributed by atoms with Gasteiger partial charge in [0.1, 0.15) is 0 Å². The molecule has 0 amide bonds. The Balaban J connectivity index is 1.55. The predicted molar refractivity (Wildman–Crippen MR) is 76.6 cm³/mol. The van der Waals surface area contributed by atoms with Crippen molar-refractivity contribution in [3.05, 3.63) is 34.0 Å². The molecule has 0 spiro atoms. The molecule has 100 valence electrons. The molecule has 7 heteroatoms. The molecule has 0 bridgehead atoms. The number of nitrogens with zero attached hydrogens (tertiary/aromatic N) is 5. The number of piperazine rings is 1. The van der Waals surface area contributed by atoms with Crippen molar-refractivity contribution in [2.75, 3.05) is 31.1 Å². The topological polar surface area (TPSA) is 45.2 Å². The predicted octanol–water partition coefficient (Wildman–Crippen LogP) is 1.91. The van der Waals surface area contributed by atoms with E-state index < -0.39 is 0 Å². The minimum absolute atomic E-state index is 0.617. The van der Waals surface area contributed by atoms with Gasteiger partial charge in [0.25, 0.3) is 0 Å².